The standard InChI is InChI=1S/C13H18ClN3O/c1-2-8-17-13(18)12(14)11(9-16-17)15-7-6-10-4-3-5-10/h2,9-10,15H,1,3-8H2. The van der Waals surface area contributed by atoms with Gasteiger partial charge in [0.15, 0.2) is 0 Å². The molecule has 0 aromatic carbocycles. The highest BCUT2D eigenvalue weighted by atomic mass is 35.5. The monoisotopic (exact) mass is 267 g/mol. The van der Waals surface area contributed by atoms with Gasteiger partial charge in [0.25, 0.3) is 5.56 Å². The summed E-state index contributed by atoms with van der Waals surface area (Å²) in [6.45, 7) is 4.80. The zero-order valence-corrected chi connectivity index (χ0v) is 11.1. The van der Waals surface area contributed by atoms with Crippen molar-refractivity contribution in [2.45, 2.75) is 32.2 Å². The molecule has 0 amide bonds. The van der Waals surface area contributed by atoms with Gasteiger partial charge >= 0.3 is 0 Å². The molecule has 0 saturated heterocycles. The quantitative estimate of drug-likeness (QED) is 0.806. The summed E-state index contributed by atoms with van der Waals surface area (Å²) in [5.41, 5.74) is 0.353. The van der Waals surface area contributed by atoms with Crippen LogP contribution in [0.4, 0.5) is 5.69 Å². The fraction of sp³-hybridized carbons (Fsp3) is 0.538. The lowest BCUT2D eigenvalue weighted by atomic mass is 9.83. The summed E-state index contributed by atoms with van der Waals surface area (Å²) in [7, 11) is 0. The van der Waals surface area contributed by atoms with Crippen molar-refractivity contribution in [1.82, 2.24) is 9.78 Å². The summed E-state index contributed by atoms with van der Waals surface area (Å²) >= 11 is 6.03. The van der Waals surface area contributed by atoms with Crippen molar-refractivity contribution in [3.05, 3.63) is 34.2 Å². The first-order chi connectivity index (χ1) is 8.72. The Morgan fingerprint density at radius 1 is 1.61 bits per heavy atom. The Morgan fingerprint density at radius 3 is 3.00 bits per heavy atom. The van der Waals surface area contributed by atoms with E-state index in [1.54, 1.807) is 12.3 Å². The van der Waals surface area contributed by atoms with Gasteiger partial charge in [-0.2, -0.15) is 5.10 Å². The predicted octanol–water partition coefficient (Wildman–Crippen LogP) is 2.68. The molecule has 1 aromatic heterocycles. The van der Waals surface area contributed by atoms with Gasteiger partial charge in [0.1, 0.15) is 5.02 Å². The van der Waals surface area contributed by atoms with Crippen LogP contribution in [0.2, 0.25) is 5.02 Å². The lowest BCUT2D eigenvalue weighted by molar-refractivity contribution is 0.303. The van der Waals surface area contributed by atoms with Crippen LogP contribution in [-0.2, 0) is 6.54 Å². The maximum atomic E-state index is 11.8. The van der Waals surface area contributed by atoms with Crippen LogP contribution in [0, 0.1) is 5.92 Å². The van der Waals surface area contributed by atoms with Crippen molar-refractivity contribution >= 4 is 17.3 Å². The van der Waals surface area contributed by atoms with E-state index in [4.69, 9.17) is 11.6 Å². The molecule has 5 heteroatoms. The maximum Gasteiger partial charge on any atom is 0.287 e. The number of rotatable bonds is 6. The minimum Gasteiger partial charge on any atom is -0.382 e. The molecule has 1 aromatic rings. The van der Waals surface area contributed by atoms with E-state index in [1.807, 2.05) is 0 Å². The van der Waals surface area contributed by atoms with Gasteiger partial charge in [0.2, 0.25) is 0 Å². The molecule has 1 fully saturated rings. The molecule has 0 aliphatic heterocycles. The largest absolute Gasteiger partial charge is 0.382 e. The first-order valence-corrected chi connectivity index (χ1v) is 6.70. The van der Waals surface area contributed by atoms with Crippen molar-refractivity contribution in [3.8, 4) is 0 Å². The van der Waals surface area contributed by atoms with Crippen LogP contribution in [0.1, 0.15) is 25.7 Å². The summed E-state index contributed by atoms with van der Waals surface area (Å²) in [6.07, 6.45) is 8.36. The number of nitrogens with one attached hydrogen (secondary N) is 1. The third-order valence-electron chi connectivity index (χ3n) is 3.38. The summed E-state index contributed by atoms with van der Waals surface area (Å²) < 4.78 is 1.30. The van der Waals surface area contributed by atoms with E-state index in [2.05, 4.69) is 17.0 Å². The molecule has 1 N–H and O–H groups in total. The first kappa shape index (κ1) is 13.1. The van der Waals surface area contributed by atoms with Crippen molar-refractivity contribution in [1.29, 1.82) is 0 Å². The summed E-state index contributed by atoms with van der Waals surface area (Å²) in [6, 6.07) is 0. The van der Waals surface area contributed by atoms with Crippen molar-refractivity contribution in [2.24, 2.45) is 5.92 Å². The highest BCUT2D eigenvalue weighted by Gasteiger charge is 2.16. The molecule has 0 unspecified atom stereocenters. The van der Waals surface area contributed by atoms with E-state index < -0.39 is 0 Å². The molecule has 1 aliphatic carbocycles. The molecular formula is C13H18ClN3O. The molecule has 98 valence electrons. The second-order valence-electron chi connectivity index (χ2n) is 4.66. The summed E-state index contributed by atoms with van der Waals surface area (Å²) in [4.78, 5) is 11.8. The van der Waals surface area contributed by atoms with Crippen LogP contribution < -0.4 is 10.9 Å². The van der Waals surface area contributed by atoms with Gasteiger partial charge in [-0.1, -0.05) is 36.9 Å². The van der Waals surface area contributed by atoms with Crippen LogP contribution >= 0.6 is 11.6 Å². The third-order valence-corrected chi connectivity index (χ3v) is 3.74. The summed E-state index contributed by atoms with van der Waals surface area (Å²) in [5.74, 6) is 0.838. The van der Waals surface area contributed by atoms with Crippen LogP contribution in [0.3, 0.4) is 0 Å². The molecule has 0 atom stereocenters. The van der Waals surface area contributed by atoms with E-state index in [0.29, 0.717) is 12.2 Å². The number of allylic oxidation sites excluding steroid dienone is 1. The highest BCUT2D eigenvalue weighted by Crippen LogP contribution is 2.29. The molecule has 0 spiro atoms. The van der Waals surface area contributed by atoms with E-state index >= 15 is 0 Å². The lowest BCUT2D eigenvalue weighted by Gasteiger charge is -2.25. The Balaban J connectivity index is 1.97. The van der Waals surface area contributed by atoms with Gasteiger partial charge in [0, 0.05) is 6.54 Å². The van der Waals surface area contributed by atoms with Gasteiger partial charge in [-0.15, -0.1) is 6.58 Å². The SMILES string of the molecule is C=CCn1ncc(NCCC2CCC2)c(Cl)c1=O. The number of halogens is 1. The topological polar surface area (TPSA) is 46.9 Å². The Labute approximate surface area is 112 Å². The second kappa shape index (κ2) is 6.05. The molecule has 2 rings (SSSR count). The van der Waals surface area contributed by atoms with E-state index in [9.17, 15) is 4.79 Å². The van der Waals surface area contributed by atoms with Crippen LogP contribution in [-0.4, -0.2) is 16.3 Å². The Kier molecular flexibility index (Phi) is 4.42. The zero-order chi connectivity index (χ0) is 13.0. The van der Waals surface area contributed by atoms with Gasteiger partial charge in [-0.05, 0) is 12.3 Å². The van der Waals surface area contributed by atoms with E-state index in [-0.39, 0.29) is 10.6 Å². The molecule has 18 heavy (non-hydrogen) atoms. The molecule has 1 heterocycles. The average Bonchev–Trinajstić information content (AvgIpc) is 2.31. The average molecular weight is 268 g/mol. The zero-order valence-electron chi connectivity index (χ0n) is 10.4. The molecule has 1 aliphatic rings. The number of aromatic nitrogens is 2. The first-order valence-electron chi connectivity index (χ1n) is 6.32. The molecule has 0 radical (unpaired) electrons. The predicted molar refractivity (Wildman–Crippen MR) is 74.2 cm³/mol. The number of nitrogens with zero attached hydrogens (tertiary/aromatic N) is 2. The number of anilines is 1. The highest BCUT2D eigenvalue weighted by molar-refractivity contribution is 6.32. The van der Waals surface area contributed by atoms with Gasteiger partial charge < -0.3 is 5.32 Å². The van der Waals surface area contributed by atoms with Crippen LogP contribution in [0.15, 0.2) is 23.6 Å². The van der Waals surface area contributed by atoms with Crippen molar-refractivity contribution in [3.63, 3.8) is 0 Å². The van der Waals surface area contributed by atoms with Crippen LogP contribution in [0.5, 0.6) is 0 Å². The van der Waals surface area contributed by atoms with Gasteiger partial charge in [-0.3, -0.25) is 4.79 Å². The van der Waals surface area contributed by atoms with Gasteiger partial charge in [-0.25, -0.2) is 4.68 Å². The Bertz CT molecular complexity index is 480. The minimum atomic E-state index is -0.273. The van der Waals surface area contributed by atoms with Crippen molar-refractivity contribution in [2.75, 3.05) is 11.9 Å². The van der Waals surface area contributed by atoms with Crippen molar-refractivity contribution < 1.29 is 0 Å². The van der Waals surface area contributed by atoms with Gasteiger partial charge in [0.05, 0.1) is 18.4 Å². The normalized spacial score (nSPS) is 15.2. The minimum absolute atomic E-state index is 0.209. The molecule has 1 saturated carbocycles. The second-order valence-corrected chi connectivity index (χ2v) is 5.04. The molecule has 0 bridgehead atoms. The van der Waals surface area contributed by atoms with E-state index in [0.717, 1.165) is 18.9 Å². The molecular weight excluding hydrogens is 250 g/mol. The Hall–Kier alpha value is -1.29. The fourth-order valence-corrected chi connectivity index (χ4v) is 2.25. The Morgan fingerprint density at radius 2 is 2.39 bits per heavy atom. The lowest BCUT2D eigenvalue weighted by Crippen LogP contribution is -2.24. The summed E-state index contributed by atoms with van der Waals surface area (Å²) in [5, 5.41) is 7.44. The number of hydrogen-bond acceptors (Lipinski definition) is 3. The fourth-order valence-electron chi connectivity index (χ4n) is 2.03. The number of hydrogen-bond donors (Lipinski definition) is 1. The third kappa shape index (κ3) is 2.93. The maximum absolute atomic E-state index is 11.8. The van der Waals surface area contributed by atoms with E-state index in [1.165, 1.54) is 23.9 Å². The molecule has 4 nitrogen and oxygen atoms in total. The smallest absolute Gasteiger partial charge is 0.287 e. The van der Waals surface area contributed by atoms with Crippen LogP contribution in [0.25, 0.3) is 0 Å².